The molecule has 0 saturated heterocycles. The van der Waals surface area contributed by atoms with Crippen LogP contribution in [-0.4, -0.2) is 70.9 Å². The summed E-state index contributed by atoms with van der Waals surface area (Å²) in [6, 6.07) is -0.523. The summed E-state index contributed by atoms with van der Waals surface area (Å²) in [4.78, 5) is 50.5. The molecule has 0 aromatic heterocycles. The molecule has 0 aliphatic carbocycles. The number of amides is 4. The van der Waals surface area contributed by atoms with Gasteiger partial charge in [0.2, 0.25) is 0 Å². The van der Waals surface area contributed by atoms with Gasteiger partial charge in [0.15, 0.2) is 0 Å². The van der Waals surface area contributed by atoms with Crippen molar-refractivity contribution in [1.29, 1.82) is 0 Å². The van der Waals surface area contributed by atoms with Gasteiger partial charge in [0.25, 0.3) is 23.6 Å². The molecular formula is C24H36N2O6. The van der Waals surface area contributed by atoms with Gasteiger partial charge in [0.1, 0.15) is 0 Å². The van der Waals surface area contributed by atoms with E-state index in [9.17, 15) is 19.2 Å². The van der Waals surface area contributed by atoms with Gasteiger partial charge in [-0.05, 0) is 67.2 Å². The van der Waals surface area contributed by atoms with Crippen LogP contribution in [0.25, 0.3) is 0 Å². The summed E-state index contributed by atoms with van der Waals surface area (Å²) < 4.78 is 11.6. The van der Waals surface area contributed by atoms with Crippen LogP contribution in [0.2, 0.25) is 0 Å². The SMILES string of the molecule is CC1=CC(=O)N(C(C)COCCCCCOC(C)(C)CC(C)N2C(=O)C=C(C)C2=O)C1=O. The number of carbonyl (C=O) groups is 4. The van der Waals surface area contributed by atoms with Crippen molar-refractivity contribution in [2.45, 2.75) is 84.9 Å². The molecule has 0 aromatic carbocycles. The average molecular weight is 449 g/mol. The zero-order chi connectivity index (χ0) is 24.1. The number of nitrogens with zero attached hydrogens (tertiary/aromatic N) is 2. The van der Waals surface area contributed by atoms with Crippen molar-refractivity contribution in [1.82, 2.24) is 9.80 Å². The van der Waals surface area contributed by atoms with Crippen molar-refractivity contribution in [2.24, 2.45) is 0 Å². The van der Waals surface area contributed by atoms with Crippen molar-refractivity contribution in [2.75, 3.05) is 19.8 Å². The van der Waals surface area contributed by atoms with Gasteiger partial charge in [-0.25, -0.2) is 0 Å². The van der Waals surface area contributed by atoms with Gasteiger partial charge in [-0.15, -0.1) is 0 Å². The van der Waals surface area contributed by atoms with Gasteiger partial charge < -0.3 is 9.47 Å². The minimum atomic E-state index is -0.455. The van der Waals surface area contributed by atoms with Crippen LogP contribution in [0, 0.1) is 0 Å². The Kier molecular flexibility index (Phi) is 8.92. The minimum absolute atomic E-state index is 0.225. The number of carbonyl (C=O) groups excluding carboxylic acids is 4. The minimum Gasteiger partial charge on any atom is -0.379 e. The van der Waals surface area contributed by atoms with E-state index in [4.69, 9.17) is 9.47 Å². The normalized spacial score (nSPS) is 19.1. The summed E-state index contributed by atoms with van der Waals surface area (Å²) in [5.74, 6) is -1.000. The Morgan fingerprint density at radius 1 is 0.812 bits per heavy atom. The molecule has 0 radical (unpaired) electrons. The summed E-state index contributed by atoms with van der Waals surface area (Å²) >= 11 is 0. The van der Waals surface area contributed by atoms with Crippen LogP contribution in [0.3, 0.4) is 0 Å². The van der Waals surface area contributed by atoms with Gasteiger partial charge >= 0.3 is 0 Å². The van der Waals surface area contributed by atoms with E-state index in [1.165, 1.54) is 22.0 Å². The molecule has 0 saturated carbocycles. The maximum atomic E-state index is 12.1. The Morgan fingerprint density at radius 3 is 1.81 bits per heavy atom. The number of rotatable bonds is 13. The van der Waals surface area contributed by atoms with E-state index in [-0.39, 0.29) is 35.7 Å². The van der Waals surface area contributed by atoms with Crippen LogP contribution in [0.15, 0.2) is 23.3 Å². The van der Waals surface area contributed by atoms with E-state index in [1.807, 2.05) is 20.8 Å². The first-order chi connectivity index (χ1) is 14.9. The van der Waals surface area contributed by atoms with Gasteiger partial charge in [0.05, 0.1) is 18.2 Å². The summed E-state index contributed by atoms with van der Waals surface area (Å²) in [7, 11) is 0. The van der Waals surface area contributed by atoms with E-state index in [0.29, 0.717) is 37.4 Å². The molecule has 0 aromatic rings. The lowest BCUT2D eigenvalue weighted by Crippen LogP contribution is -2.43. The standard InChI is InChI=1S/C24H36N2O6/c1-16-12-20(27)25(22(16)29)18(3)14-24(5,6)32-11-9-7-8-10-31-15-19(4)26-21(28)13-17(2)23(26)30/h12-13,18-19H,7-11,14-15H2,1-6H3. The largest absolute Gasteiger partial charge is 0.379 e. The Bertz CT molecular complexity index is 813. The van der Waals surface area contributed by atoms with Crippen LogP contribution >= 0.6 is 0 Å². The van der Waals surface area contributed by atoms with E-state index >= 15 is 0 Å². The zero-order valence-electron chi connectivity index (χ0n) is 20.1. The second kappa shape index (κ2) is 11.0. The average Bonchev–Trinajstić information content (AvgIpc) is 3.09. The fourth-order valence-electron chi connectivity index (χ4n) is 4.07. The Hall–Kier alpha value is -2.32. The smallest absolute Gasteiger partial charge is 0.256 e. The Morgan fingerprint density at radius 2 is 1.31 bits per heavy atom. The van der Waals surface area contributed by atoms with E-state index < -0.39 is 5.60 Å². The number of imide groups is 2. The molecule has 2 rings (SSSR count). The molecule has 2 aliphatic rings. The van der Waals surface area contributed by atoms with E-state index in [0.717, 1.165) is 19.3 Å². The topological polar surface area (TPSA) is 93.2 Å². The van der Waals surface area contributed by atoms with Crippen LogP contribution in [0.1, 0.15) is 67.2 Å². The van der Waals surface area contributed by atoms with E-state index in [1.54, 1.807) is 20.8 Å². The first-order valence-electron chi connectivity index (χ1n) is 11.3. The van der Waals surface area contributed by atoms with Crippen molar-refractivity contribution >= 4 is 23.6 Å². The highest BCUT2D eigenvalue weighted by molar-refractivity contribution is 6.16. The van der Waals surface area contributed by atoms with Gasteiger partial charge in [-0.2, -0.15) is 0 Å². The summed E-state index contributed by atoms with van der Waals surface area (Å²) in [6.07, 6.45) is 5.95. The number of ether oxygens (including phenoxy) is 2. The molecule has 8 heteroatoms. The molecule has 0 bridgehead atoms. The van der Waals surface area contributed by atoms with Crippen molar-refractivity contribution in [3.05, 3.63) is 23.3 Å². The molecule has 2 aliphatic heterocycles. The highest BCUT2D eigenvalue weighted by Crippen LogP contribution is 2.24. The fourth-order valence-corrected chi connectivity index (χ4v) is 4.07. The molecule has 8 nitrogen and oxygen atoms in total. The first-order valence-corrected chi connectivity index (χ1v) is 11.3. The van der Waals surface area contributed by atoms with Gasteiger partial charge in [-0.3, -0.25) is 29.0 Å². The van der Waals surface area contributed by atoms with Crippen LogP contribution in [-0.2, 0) is 28.7 Å². The lowest BCUT2D eigenvalue weighted by atomic mass is 9.98. The third-order valence-corrected chi connectivity index (χ3v) is 5.72. The molecule has 2 heterocycles. The molecule has 178 valence electrons. The highest BCUT2D eigenvalue weighted by atomic mass is 16.5. The predicted molar refractivity (Wildman–Crippen MR) is 119 cm³/mol. The Balaban J connectivity index is 1.57. The monoisotopic (exact) mass is 448 g/mol. The molecule has 0 N–H and O–H groups in total. The molecule has 32 heavy (non-hydrogen) atoms. The van der Waals surface area contributed by atoms with Crippen LogP contribution < -0.4 is 0 Å². The van der Waals surface area contributed by atoms with Crippen molar-refractivity contribution in [3.8, 4) is 0 Å². The van der Waals surface area contributed by atoms with Crippen LogP contribution in [0.4, 0.5) is 0 Å². The van der Waals surface area contributed by atoms with Crippen molar-refractivity contribution < 1.29 is 28.7 Å². The lowest BCUT2D eigenvalue weighted by Gasteiger charge is -2.32. The maximum Gasteiger partial charge on any atom is 0.256 e. The second-order valence-electron chi connectivity index (χ2n) is 9.33. The first kappa shape index (κ1) is 25.9. The third kappa shape index (κ3) is 6.59. The second-order valence-corrected chi connectivity index (χ2v) is 9.33. The quantitative estimate of drug-likeness (QED) is 0.318. The number of hydrogen-bond donors (Lipinski definition) is 0. The summed E-state index contributed by atoms with van der Waals surface area (Å²) in [5, 5.41) is 0. The predicted octanol–water partition coefficient (Wildman–Crippen LogP) is 2.77. The highest BCUT2D eigenvalue weighted by Gasteiger charge is 2.35. The zero-order valence-corrected chi connectivity index (χ0v) is 20.1. The maximum absolute atomic E-state index is 12.1. The number of hydrogen-bond acceptors (Lipinski definition) is 6. The molecule has 4 amide bonds. The fraction of sp³-hybridized carbons (Fsp3) is 0.667. The van der Waals surface area contributed by atoms with Gasteiger partial charge in [0, 0.05) is 42.6 Å². The lowest BCUT2D eigenvalue weighted by molar-refractivity contribution is -0.142. The molecule has 2 atom stereocenters. The molecule has 0 spiro atoms. The molecule has 2 unspecified atom stereocenters. The van der Waals surface area contributed by atoms with Crippen LogP contribution in [0.5, 0.6) is 0 Å². The summed E-state index contributed by atoms with van der Waals surface area (Å²) in [5.41, 5.74) is 0.482. The molecular weight excluding hydrogens is 412 g/mol. The number of unbranched alkanes of at least 4 members (excludes halogenated alkanes) is 2. The summed E-state index contributed by atoms with van der Waals surface area (Å²) in [6.45, 7) is 12.4. The third-order valence-electron chi connectivity index (χ3n) is 5.72. The van der Waals surface area contributed by atoms with Crippen molar-refractivity contribution in [3.63, 3.8) is 0 Å². The van der Waals surface area contributed by atoms with E-state index in [2.05, 4.69) is 0 Å². The molecule has 0 fully saturated rings. The Labute approximate surface area is 190 Å². The van der Waals surface area contributed by atoms with Gasteiger partial charge in [-0.1, -0.05) is 0 Å².